The fraction of sp³-hybridized carbons (Fsp3) is 0.895. The summed E-state index contributed by atoms with van der Waals surface area (Å²) in [6.07, 6.45) is 7.36. The maximum absolute atomic E-state index is 12.5. The van der Waals surface area contributed by atoms with Crippen LogP contribution in [0.2, 0.25) is 0 Å². The van der Waals surface area contributed by atoms with Crippen molar-refractivity contribution in [2.45, 2.75) is 77.6 Å². The van der Waals surface area contributed by atoms with E-state index in [9.17, 15) is 9.59 Å². The Morgan fingerprint density at radius 2 is 1.75 bits per heavy atom. The highest BCUT2D eigenvalue weighted by atomic mass is 16.7. The van der Waals surface area contributed by atoms with Crippen molar-refractivity contribution in [3.63, 3.8) is 0 Å². The quantitative estimate of drug-likeness (QED) is 0.857. The monoisotopic (exact) mass is 337 g/mol. The molecular weight excluding hydrogens is 306 g/mol. The number of ketones is 1. The lowest BCUT2D eigenvalue weighted by Gasteiger charge is -2.49. The number of hydrogen-bond acceptors (Lipinski definition) is 4. The highest BCUT2D eigenvalue weighted by Gasteiger charge is 2.53. The molecule has 1 saturated heterocycles. The van der Waals surface area contributed by atoms with Crippen LogP contribution < -0.4 is 5.32 Å². The minimum Gasteiger partial charge on any atom is -0.353 e. The second-order valence-corrected chi connectivity index (χ2v) is 8.39. The third-order valence-corrected chi connectivity index (χ3v) is 6.36. The molecular formula is C19H31NO4. The molecule has 0 bridgehead atoms. The van der Waals surface area contributed by atoms with E-state index in [4.69, 9.17) is 9.47 Å². The van der Waals surface area contributed by atoms with Crippen molar-refractivity contribution in [3.05, 3.63) is 0 Å². The second kappa shape index (κ2) is 6.75. The Morgan fingerprint density at radius 1 is 1.08 bits per heavy atom. The smallest absolute Gasteiger partial charge is 0.223 e. The zero-order chi connectivity index (χ0) is 17.4. The van der Waals surface area contributed by atoms with Crippen LogP contribution in [-0.2, 0) is 19.1 Å². The van der Waals surface area contributed by atoms with Gasteiger partial charge in [-0.2, -0.15) is 0 Å². The van der Waals surface area contributed by atoms with Crippen LogP contribution in [0.4, 0.5) is 0 Å². The first-order valence-electron chi connectivity index (χ1n) is 9.44. The first-order chi connectivity index (χ1) is 11.3. The van der Waals surface area contributed by atoms with Gasteiger partial charge in [-0.05, 0) is 31.6 Å². The Balaban J connectivity index is 1.47. The number of nitrogens with one attached hydrogen (secondary N) is 1. The molecule has 1 spiro atoms. The molecule has 3 atom stereocenters. The average Bonchev–Trinajstić information content (AvgIpc) is 2.75. The van der Waals surface area contributed by atoms with Crippen LogP contribution in [0.15, 0.2) is 0 Å². The lowest BCUT2D eigenvalue weighted by molar-refractivity contribution is -0.176. The minimum atomic E-state index is -0.401. The molecule has 1 amide bonds. The predicted octanol–water partition coefficient (Wildman–Crippen LogP) is 2.82. The Bertz CT molecular complexity index is 494. The van der Waals surface area contributed by atoms with Gasteiger partial charge in [0.25, 0.3) is 0 Å². The van der Waals surface area contributed by atoms with Gasteiger partial charge < -0.3 is 14.8 Å². The summed E-state index contributed by atoms with van der Waals surface area (Å²) in [7, 11) is 0. The third kappa shape index (κ3) is 3.38. The number of rotatable bonds is 4. The molecule has 1 heterocycles. The molecule has 1 aliphatic heterocycles. The molecule has 136 valence electrons. The zero-order valence-corrected chi connectivity index (χ0v) is 15.2. The van der Waals surface area contributed by atoms with Gasteiger partial charge in [0.05, 0.1) is 6.61 Å². The molecule has 24 heavy (non-hydrogen) atoms. The van der Waals surface area contributed by atoms with Crippen LogP contribution in [0.5, 0.6) is 0 Å². The van der Waals surface area contributed by atoms with Crippen LogP contribution in [0.3, 0.4) is 0 Å². The van der Waals surface area contributed by atoms with Crippen LogP contribution in [0.25, 0.3) is 0 Å². The van der Waals surface area contributed by atoms with Crippen LogP contribution >= 0.6 is 0 Å². The van der Waals surface area contributed by atoms with E-state index in [1.807, 2.05) is 13.8 Å². The van der Waals surface area contributed by atoms with Gasteiger partial charge >= 0.3 is 0 Å². The highest BCUT2D eigenvalue weighted by Crippen LogP contribution is 2.51. The largest absolute Gasteiger partial charge is 0.353 e. The molecule has 0 aromatic heterocycles. The van der Waals surface area contributed by atoms with Gasteiger partial charge in [-0.3, -0.25) is 9.59 Å². The van der Waals surface area contributed by atoms with E-state index in [0.29, 0.717) is 19.6 Å². The first-order valence-corrected chi connectivity index (χ1v) is 9.44. The number of Topliss-reactive ketones (excluding diaryl/α,β-unsaturated/α-hetero) is 1. The normalized spacial score (nSPS) is 34.4. The fourth-order valence-corrected chi connectivity index (χ4v) is 4.64. The van der Waals surface area contributed by atoms with Crippen molar-refractivity contribution in [1.82, 2.24) is 5.32 Å². The van der Waals surface area contributed by atoms with E-state index < -0.39 is 5.79 Å². The topological polar surface area (TPSA) is 64.6 Å². The average molecular weight is 337 g/mol. The van der Waals surface area contributed by atoms with Crippen molar-refractivity contribution in [3.8, 4) is 0 Å². The van der Waals surface area contributed by atoms with Crippen LogP contribution in [0, 0.1) is 17.3 Å². The maximum Gasteiger partial charge on any atom is 0.223 e. The molecule has 3 rings (SSSR count). The van der Waals surface area contributed by atoms with Gasteiger partial charge in [-0.25, -0.2) is 0 Å². The third-order valence-electron chi connectivity index (χ3n) is 6.36. The minimum absolute atomic E-state index is 0.00794. The van der Waals surface area contributed by atoms with Gasteiger partial charge in [0.2, 0.25) is 5.91 Å². The number of ether oxygens (including phenoxy) is 2. The summed E-state index contributed by atoms with van der Waals surface area (Å²) >= 11 is 0. The Morgan fingerprint density at radius 3 is 2.33 bits per heavy atom. The van der Waals surface area contributed by atoms with Crippen molar-refractivity contribution >= 4 is 11.7 Å². The maximum atomic E-state index is 12.5. The molecule has 3 aliphatic rings. The fourth-order valence-electron chi connectivity index (χ4n) is 4.64. The van der Waals surface area contributed by atoms with E-state index in [1.54, 1.807) is 6.92 Å². The molecule has 1 N–H and O–H groups in total. The molecule has 0 aromatic carbocycles. The second-order valence-electron chi connectivity index (χ2n) is 8.39. The molecule has 0 radical (unpaired) electrons. The first kappa shape index (κ1) is 17.9. The summed E-state index contributed by atoms with van der Waals surface area (Å²) in [5, 5.41) is 3.02. The molecule has 0 unspecified atom stereocenters. The summed E-state index contributed by atoms with van der Waals surface area (Å²) in [5.74, 6) is -0.245. The van der Waals surface area contributed by atoms with E-state index >= 15 is 0 Å². The number of hydrogen-bond donors (Lipinski definition) is 1. The standard InChI is InChI=1S/C19H31NO4/c1-13(21)15-10-16(18(15,2)3)17(22)20-11-14-12-23-19(24-14)8-6-4-5-7-9-19/h14-16H,4-12H2,1-3H3,(H,20,22)/t14-,15+,16-/m1/s1. The number of carbonyl (C=O) groups excluding carboxylic acids is 2. The highest BCUT2D eigenvalue weighted by molar-refractivity contribution is 5.87. The van der Waals surface area contributed by atoms with Gasteiger partial charge in [0.1, 0.15) is 11.9 Å². The molecule has 2 aliphatic carbocycles. The Hall–Kier alpha value is -0.940. The summed E-state index contributed by atoms with van der Waals surface area (Å²) in [6, 6.07) is 0. The van der Waals surface area contributed by atoms with E-state index in [-0.39, 0.29) is 35.0 Å². The number of amides is 1. The summed E-state index contributed by atoms with van der Waals surface area (Å²) in [4.78, 5) is 24.1. The molecule has 0 aromatic rings. The molecule has 5 nitrogen and oxygen atoms in total. The van der Waals surface area contributed by atoms with E-state index in [1.165, 1.54) is 12.8 Å². The van der Waals surface area contributed by atoms with Gasteiger partial charge in [0.15, 0.2) is 5.79 Å². The predicted molar refractivity (Wildman–Crippen MR) is 90.3 cm³/mol. The van der Waals surface area contributed by atoms with Gasteiger partial charge in [0, 0.05) is 31.2 Å². The molecule has 5 heteroatoms. The SMILES string of the molecule is CC(=O)[C@@H]1C[C@H](C(=O)NC[C@@H]2COC3(CCCCCC3)O2)C1(C)C. The van der Waals surface area contributed by atoms with Gasteiger partial charge in [-0.15, -0.1) is 0 Å². The van der Waals surface area contributed by atoms with Crippen molar-refractivity contribution in [2.24, 2.45) is 17.3 Å². The summed E-state index contributed by atoms with van der Waals surface area (Å²) < 4.78 is 12.2. The zero-order valence-electron chi connectivity index (χ0n) is 15.2. The van der Waals surface area contributed by atoms with E-state index in [0.717, 1.165) is 25.7 Å². The molecule has 3 fully saturated rings. The lowest BCUT2D eigenvalue weighted by Crippen LogP contribution is -2.55. The van der Waals surface area contributed by atoms with E-state index in [2.05, 4.69) is 5.32 Å². The molecule has 2 saturated carbocycles. The van der Waals surface area contributed by atoms with Crippen molar-refractivity contribution < 1.29 is 19.1 Å². The van der Waals surface area contributed by atoms with Crippen LogP contribution in [0.1, 0.15) is 65.7 Å². The Kier molecular flexibility index (Phi) is 5.03. The van der Waals surface area contributed by atoms with Crippen LogP contribution in [-0.4, -0.2) is 36.7 Å². The number of carbonyl (C=O) groups is 2. The lowest BCUT2D eigenvalue weighted by atomic mass is 9.53. The van der Waals surface area contributed by atoms with Gasteiger partial charge in [-0.1, -0.05) is 26.7 Å². The van der Waals surface area contributed by atoms with Crippen molar-refractivity contribution in [2.75, 3.05) is 13.2 Å². The Labute approximate surface area is 144 Å². The van der Waals surface area contributed by atoms with Crippen molar-refractivity contribution in [1.29, 1.82) is 0 Å². The summed E-state index contributed by atoms with van der Waals surface area (Å²) in [5.41, 5.74) is -0.245. The summed E-state index contributed by atoms with van der Waals surface area (Å²) in [6.45, 7) is 6.71.